The van der Waals surface area contributed by atoms with Gasteiger partial charge in [-0.25, -0.2) is 49.8 Å². The van der Waals surface area contributed by atoms with Gasteiger partial charge in [0.25, 0.3) is 0 Å². The van der Waals surface area contributed by atoms with Crippen molar-refractivity contribution in [3.05, 3.63) is 248 Å². The summed E-state index contributed by atoms with van der Waals surface area (Å²) in [7, 11) is 9.62. The highest BCUT2D eigenvalue weighted by molar-refractivity contribution is 6.34. The molecule has 0 bridgehead atoms. The zero-order valence-corrected chi connectivity index (χ0v) is 88.4. The predicted molar refractivity (Wildman–Crippen MR) is 589 cm³/mol. The molecule has 5 saturated heterocycles. The monoisotopic (exact) mass is 2080 g/mol. The number of piperidine rings is 5. The van der Waals surface area contributed by atoms with Crippen molar-refractivity contribution < 1.29 is 0 Å². The largest absolute Gasteiger partial charge is 0.366 e. The van der Waals surface area contributed by atoms with E-state index in [1.165, 1.54) is 27.8 Å². The van der Waals surface area contributed by atoms with Crippen LogP contribution in [0.15, 0.2) is 178 Å². The summed E-state index contributed by atoms with van der Waals surface area (Å²) in [6, 6.07) is 32.4. The third kappa shape index (κ3) is 28.3. The maximum Gasteiger partial charge on any atom is 0.230 e. The van der Waals surface area contributed by atoms with E-state index in [1.807, 2.05) is 121 Å². The lowest BCUT2D eigenvalue weighted by Gasteiger charge is -2.38. The van der Waals surface area contributed by atoms with Gasteiger partial charge in [-0.2, -0.15) is 50.4 Å². The lowest BCUT2D eigenvalue weighted by Crippen LogP contribution is -2.44. The third-order valence-electron chi connectivity index (χ3n) is 26.1. The molecule has 40 nitrogen and oxygen atoms in total. The van der Waals surface area contributed by atoms with Gasteiger partial charge in [0.15, 0.2) is 40.7 Å². The maximum absolute atomic E-state index is 6.43. The molecule has 0 amide bonds. The fourth-order valence-electron chi connectivity index (χ4n) is 17.6. The number of fused-ring (bicyclic) bond motifs is 1. The van der Waals surface area contributed by atoms with E-state index in [4.69, 9.17) is 58.0 Å². The lowest BCUT2D eigenvalue weighted by molar-refractivity contribution is 0.478. The number of halogens is 5. The van der Waals surface area contributed by atoms with Crippen LogP contribution in [0.3, 0.4) is 0 Å². The molecule has 0 unspecified atom stereocenters. The number of anilines is 20. The van der Waals surface area contributed by atoms with Crippen molar-refractivity contribution >= 4 is 186 Å². The fraction of sp³-hybridized carbons (Fsp3) is 0.373. The van der Waals surface area contributed by atoms with E-state index in [1.54, 1.807) is 57.4 Å². The lowest BCUT2D eigenvalue weighted by atomic mass is 10.0. The number of rotatable bonds is 25. The summed E-state index contributed by atoms with van der Waals surface area (Å²) in [4.78, 5) is 80.7. The minimum Gasteiger partial charge on any atom is -0.366 e. The minimum absolute atomic E-state index is 0.291. The van der Waals surface area contributed by atoms with Gasteiger partial charge < -0.3 is 77.3 Å². The molecule has 45 heteroatoms. The summed E-state index contributed by atoms with van der Waals surface area (Å²) in [6.45, 7) is 25.7. The molecule has 10 N–H and O–H groups in total. The summed E-state index contributed by atoms with van der Waals surface area (Å²) in [5.74, 6) is 12.3. The second-order valence-corrected chi connectivity index (χ2v) is 39.5. The summed E-state index contributed by atoms with van der Waals surface area (Å²) < 4.78 is 7.12. The summed E-state index contributed by atoms with van der Waals surface area (Å²) >= 11 is 31.8. The first-order valence-electron chi connectivity index (χ1n) is 49.1. The average Bonchev–Trinajstić information content (AvgIpc) is 1.73. The van der Waals surface area contributed by atoms with Gasteiger partial charge in [0.05, 0.1) is 60.3 Å². The van der Waals surface area contributed by atoms with E-state index in [-0.39, 0.29) is 0 Å². The molecule has 20 heterocycles. The molecule has 0 aliphatic carbocycles. The Hall–Kier alpha value is -14.9. The van der Waals surface area contributed by atoms with Crippen molar-refractivity contribution in [3.8, 4) is 0 Å². The predicted octanol–water partition coefficient (Wildman–Crippen LogP) is 19.0. The Kier molecular flexibility index (Phi) is 34.1. The van der Waals surface area contributed by atoms with Crippen molar-refractivity contribution in [1.82, 2.24) is 124 Å². The van der Waals surface area contributed by atoms with Gasteiger partial charge in [0, 0.05) is 215 Å². The molecule has 147 heavy (non-hydrogen) atoms. The van der Waals surface area contributed by atoms with Crippen LogP contribution >= 0.6 is 58.0 Å². The maximum atomic E-state index is 6.43. The van der Waals surface area contributed by atoms with E-state index >= 15 is 0 Å². The second kappa shape index (κ2) is 48.4. The Balaban J connectivity index is 0.000000126. The molecule has 5 aliphatic rings. The first kappa shape index (κ1) is 104. The molecule has 0 radical (unpaired) electrons. The first-order chi connectivity index (χ1) is 71.1. The van der Waals surface area contributed by atoms with Crippen molar-refractivity contribution in [2.75, 3.05) is 150 Å². The van der Waals surface area contributed by atoms with E-state index in [2.05, 4.69) is 291 Å². The normalized spacial score (nSPS) is 14.8. The minimum atomic E-state index is 0.291. The number of pyridine rings is 5. The van der Waals surface area contributed by atoms with Crippen molar-refractivity contribution in [2.45, 2.75) is 150 Å². The number of aryl methyl sites for hydroxylation is 12. The van der Waals surface area contributed by atoms with Crippen molar-refractivity contribution in [3.63, 3.8) is 0 Å². The molecular weight excluding hydrogens is 1960 g/mol. The molecule has 21 rings (SSSR count). The third-order valence-corrected chi connectivity index (χ3v) is 27.5. The second-order valence-electron chi connectivity index (χ2n) is 37.4. The van der Waals surface area contributed by atoms with Crippen LogP contribution in [-0.4, -0.2) is 227 Å². The number of hydrogen-bond acceptors (Lipinski definition) is 35. The van der Waals surface area contributed by atoms with E-state index in [0.29, 0.717) is 120 Å². The Labute approximate surface area is 879 Å². The van der Waals surface area contributed by atoms with Crippen LogP contribution in [0.4, 0.5) is 117 Å². The van der Waals surface area contributed by atoms with Gasteiger partial charge in [-0.1, -0.05) is 88.3 Å². The number of H-pyrrole nitrogens is 1. The van der Waals surface area contributed by atoms with Gasteiger partial charge in [0.1, 0.15) is 54.2 Å². The van der Waals surface area contributed by atoms with Crippen molar-refractivity contribution in [1.29, 1.82) is 0 Å². The molecule has 1 aromatic carbocycles. The number of benzene rings is 1. The van der Waals surface area contributed by atoms with Gasteiger partial charge in [0.2, 0.25) is 29.7 Å². The molecule has 0 atom stereocenters. The smallest absolute Gasteiger partial charge is 0.230 e. The number of nitrogens with one attached hydrogen (secondary N) is 10. The quantitative estimate of drug-likeness (QED) is 0.0254. The Bertz CT molecular complexity index is 6830. The Morgan fingerprint density at radius 1 is 0.327 bits per heavy atom. The topological polar surface area (TPSA) is 421 Å². The van der Waals surface area contributed by atoms with E-state index < -0.39 is 0 Å². The standard InChI is InChI=1S/C24H27ClN8.2C20H25ClN8.2C19H23ClN8/c1-15-4-7-22(26-13-15)33-10-8-17(9-11-33)28-23-20(25)14-27-24(30-23)29-18-5-6-19-16(2)32(3)31-21(19)12-18;1-14-4-5-18(22-10-14)29-8-6-16(7-9-29)28(3)19-17(21)12-23-20(26-19)25-15-11-24-27(2)13-15;1-13-4-5-18(22-11-13)29-8-6-15(7-9-29)24-19-16(21)12-23-20(26-19)25-17-10-14(2)28(3)27-17;1-13-3-4-17(21-9-13)28-7-5-14(6-8-28)24-18-16(20)11-22-19(26-18)25-15-10-23-27(2)12-15;1-12-3-4-17(21-10-12)28-7-5-14(6-8-28)23-18-15(20)11-22-19(25-18)24-16-9-13(2)26-27-16/h4-7,12-14,17H,8-11H2,1-3H3,(H2,27,28,29,30);4-5,10-13,16H,6-9H2,1-3H3,(H,23,25,26);4-5,10-12,15H,6-9H2,1-3H3,(H2,23,24,25,26,27);3-4,9-12,14H,5-8H2,1-2H3,(H2,22,24,25,26);3-4,9-11,14H,5-8H2,1-2H3,(H3,22,23,24,25,26,27). The van der Waals surface area contributed by atoms with Crippen LogP contribution in [0.25, 0.3) is 10.9 Å². The van der Waals surface area contributed by atoms with Crippen LogP contribution in [0.5, 0.6) is 0 Å². The molecule has 0 saturated carbocycles. The Morgan fingerprint density at radius 3 is 0.980 bits per heavy atom. The summed E-state index contributed by atoms with van der Waals surface area (Å²) in [5.41, 5.74) is 12.5. The highest BCUT2D eigenvalue weighted by Gasteiger charge is 2.30. The molecule has 5 aliphatic heterocycles. The van der Waals surface area contributed by atoms with Gasteiger partial charge in [-0.05, 0) is 196 Å². The summed E-state index contributed by atoms with van der Waals surface area (Å²) in [6.07, 6.45) is 34.8. The molecule has 5 fully saturated rings. The molecule has 15 aromatic heterocycles. The number of aromatic nitrogens is 25. The highest BCUT2D eigenvalue weighted by Crippen LogP contribution is 2.36. The van der Waals surface area contributed by atoms with E-state index in [9.17, 15) is 0 Å². The molecule has 766 valence electrons. The van der Waals surface area contributed by atoms with Crippen LogP contribution in [0, 0.1) is 55.4 Å². The summed E-state index contributed by atoms with van der Waals surface area (Å²) in [5, 5.41) is 57.7. The SMILES string of the molecule is Cc1ccc(N2CCC(N(C)c3nc(Nc4cnn(C)c4)ncc3Cl)CC2)nc1.Cc1ccc(N2CCC(Nc3nc(Nc4cc(C)[nH]n4)ncc3Cl)CC2)nc1.Cc1ccc(N2CCC(Nc3nc(Nc4cc(C)n(C)n4)ncc3Cl)CC2)nc1.Cc1ccc(N2CCC(Nc3nc(Nc4ccc5c(C)n(C)nc5c4)ncc3Cl)CC2)nc1.Cc1ccc(N2CCC(Nc3nc(Nc4cnn(C)c4)ncc3Cl)CC2)nc1. The molecule has 16 aromatic rings. The zero-order valence-electron chi connectivity index (χ0n) is 84.6. The number of hydrogen-bond donors (Lipinski definition) is 10. The van der Waals surface area contributed by atoms with E-state index in [0.717, 1.165) is 210 Å². The Morgan fingerprint density at radius 2 is 0.660 bits per heavy atom. The van der Waals surface area contributed by atoms with Crippen LogP contribution in [0.1, 0.15) is 109 Å². The van der Waals surface area contributed by atoms with Gasteiger partial charge in [-0.15, -0.1) is 0 Å². The van der Waals surface area contributed by atoms with Gasteiger partial charge in [-0.3, -0.25) is 23.8 Å². The molecular formula is C102H123Cl5N40. The number of aromatic amines is 1. The highest BCUT2D eigenvalue weighted by atomic mass is 35.5. The van der Waals surface area contributed by atoms with Crippen molar-refractivity contribution in [2.24, 2.45) is 28.2 Å². The van der Waals surface area contributed by atoms with Crippen LogP contribution in [-0.2, 0) is 28.2 Å². The van der Waals surface area contributed by atoms with Crippen LogP contribution < -0.4 is 77.3 Å². The zero-order chi connectivity index (χ0) is 103. The first-order valence-corrected chi connectivity index (χ1v) is 51.0. The molecule has 0 spiro atoms. The van der Waals surface area contributed by atoms with Crippen LogP contribution in [0.2, 0.25) is 25.1 Å². The van der Waals surface area contributed by atoms with Gasteiger partial charge >= 0.3 is 0 Å². The number of nitrogens with zero attached hydrogens (tertiary/aromatic N) is 30. The average molecular weight is 2090 g/mol. The fourth-order valence-corrected chi connectivity index (χ4v) is 18.4.